The SMILES string of the molecule is CCOC(=O)C1=C(C2CCc3oc(CCC(=O)O)nc3C2)NC(c2nccs2)=NC1c1ccc(F)c(F)c1Cl. The maximum Gasteiger partial charge on any atom is 0.338 e. The Morgan fingerprint density at radius 3 is 2.87 bits per heavy atom. The van der Waals surface area contributed by atoms with Gasteiger partial charge in [-0.1, -0.05) is 17.7 Å². The highest BCUT2D eigenvalue weighted by atomic mass is 35.5. The number of halogens is 3. The Bertz CT molecular complexity index is 1490. The van der Waals surface area contributed by atoms with Gasteiger partial charge in [-0.25, -0.2) is 23.5 Å². The second-order valence-electron chi connectivity index (χ2n) is 8.97. The number of carboxylic acids is 1. The maximum atomic E-state index is 14.6. The molecule has 2 aromatic heterocycles. The number of carbonyl (C=O) groups excluding carboxylic acids is 1. The van der Waals surface area contributed by atoms with Crippen molar-refractivity contribution in [2.75, 3.05) is 6.61 Å². The summed E-state index contributed by atoms with van der Waals surface area (Å²) in [6, 6.07) is 1.16. The van der Waals surface area contributed by atoms with Gasteiger partial charge in [0, 0.05) is 48.0 Å². The number of allylic oxidation sites excluding steroid dienone is 1. The number of hydrogen-bond donors (Lipinski definition) is 2. The normalized spacial score (nSPS) is 18.8. The van der Waals surface area contributed by atoms with E-state index in [9.17, 15) is 18.4 Å². The Labute approximate surface area is 230 Å². The summed E-state index contributed by atoms with van der Waals surface area (Å²) in [5.74, 6) is -2.87. The molecule has 9 nitrogen and oxygen atoms in total. The van der Waals surface area contributed by atoms with E-state index in [0.717, 1.165) is 6.07 Å². The molecular formula is C26H23ClF2N4O5S. The van der Waals surface area contributed by atoms with Crippen LogP contribution < -0.4 is 5.32 Å². The first-order valence-corrected chi connectivity index (χ1v) is 13.5. The zero-order valence-electron chi connectivity index (χ0n) is 20.7. The summed E-state index contributed by atoms with van der Waals surface area (Å²) in [6.07, 6.45) is 3.12. The van der Waals surface area contributed by atoms with Crippen molar-refractivity contribution in [3.63, 3.8) is 0 Å². The van der Waals surface area contributed by atoms with Gasteiger partial charge in [-0.3, -0.25) is 9.79 Å². The molecule has 39 heavy (non-hydrogen) atoms. The van der Waals surface area contributed by atoms with Gasteiger partial charge in [0.2, 0.25) is 0 Å². The first kappa shape index (κ1) is 26.9. The van der Waals surface area contributed by atoms with E-state index in [1.165, 1.54) is 17.4 Å². The molecule has 3 heterocycles. The number of amidine groups is 1. The molecule has 0 bridgehead atoms. The van der Waals surface area contributed by atoms with Crippen LogP contribution in [0.1, 0.15) is 53.7 Å². The summed E-state index contributed by atoms with van der Waals surface area (Å²) in [4.78, 5) is 37.9. The van der Waals surface area contributed by atoms with Crippen LogP contribution in [0.15, 0.2) is 44.4 Å². The minimum Gasteiger partial charge on any atom is -0.481 e. The number of ether oxygens (including phenoxy) is 1. The molecule has 0 fully saturated rings. The molecule has 13 heteroatoms. The molecule has 3 aromatic rings. The first-order valence-electron chi connectivity index (χ1n) is 12.2. The van der Waals surface area contributed by atoms with Crippen LogP contribution in [0.4, 0.5) is 8.78 Å². The van der Waals surface area contributed by atoms with E-state index in [0.29, 0.717) is 53.1 Å². The number of hydrogen-bond acceptors (Lipinski definition) is 9. The molecular weight excluding hydrogens is 554 g/mol. The van der Waals surface area contributed by atoms with Gasteiger partial charge in [0.05, 0.1) is 29.3 Å². The van der Waals surface area contributed by atoms with Gasteiger partial charge in [0.25, 0.3) is 0 Å². The second kappa shape index (κ2) is 11.2. The van der Waals surface area contributed by atoms with Crippen LogP contribution in [-0.4, -0.2) is 39.5 Å². The molecule has 2 N–H and O–H groups in total. The van der Waals surface area contributed by atoms with Gasteiger partial charge in [0.15, 0.2) is 28.4 Å². The van der Waals surface area contributed by atoms with Gasteiger partial charge in [-0.2, -0.15) is 0 Å². The number of esters is 1. The third kappa shape index (κ3) is 5.44. The summed E-state index contributed by atoms with van der Waals surface area (Å²) in [5, 5.41) is 14.1. The van der Waals surface area contributed by atoms with Crippen LogP contribution in [0.25, 0.3) is 0 Å². The van der Waals surface area contributed by atoms with E-state index in [1.54, 1.807) is 18.5 Å². The van der Waals surface area contributed by atoms with Crippen LogP contribution in [-0.2, 0) is 33.6 Å². The first-order chi connectivity index (χ1) is 18.8. The molecule has 1 aliphatic heterocycles. The van der Waals surface area contributed by atoms with Crippen LogP contribution in [0.3, 0.4) is 0 Å². The van der Waals surface area contributed by atoms with Gasteiger partial charge in [0.1, 0.15) is 11.8 Å². The average molecular weight is 577 g/mol. The lowest BCUT2D eigenvalue weighted by Crippen LogP contribution is -2.38. The zero-order chi connectivity index (χ0) is 27.7. The summed E-state index contributed by atoms with van der Waals surface area (Å²) >= 11 is 7.57. The summed E-state index contributed by atoms with van der Waals surface area (Å²) in [5.41, 5.74) is 1.42. The van der Waals surface area contributed by atoms with Crippen molar-refractivity contribution in [2.45, 2.75) is 45.1 Å². The minimum absolute atomic E-state index is 0.0853. The van der Waals surface area contributed by atoms with E-state index < -0.39 is 34.6 Å². The molecule has 0 spiro atoms. The van der Waals surface area contributed by atoms with Crippen LogP contribution >= 0.6 is 22.9 Å². The van der Waals surface area contributed by atoms with E-state index in [1.807, 2.05) is 0 Å². The van der Waals surface area contributed by atoms with E-state index in [-0.39, 0.29) is 36.5 Å². The largest absolute Gasteiger partial charge is 0.481 e. The Balaban J connectivity index is 1.60. The molecule has 2 unspecified atom stereocenters. The fraction of sp³-hybridized carbons (Fsp3) is 0.346. The van der Waals surface area contributed by atoms with Gasteiger partial charge < -0.3 is 19.6 Å². The predicted octanol–water partition coefficient (Wildman–Crippen LogP) is 4.79. The van der Waals surface area contributed by atoms with Crippen molar-refractivity contribution in [1.29, 1.82) is 0 Å². The van der Waals surface area contributed by atoms with E-state index in [2.05, 4.69) is 20.3 Å². The number of thiazole rings is 1. The molecule has 204 valence electrons. The Kier molecular flexibility index (Phi) is 7.76. The number of carbonyl (C=O) groups is 2. The molecule has 0 amide bonds. The smallest absolute Gasteiger partial charge is 0.338 e. The van der Waals surface area contributed by atoms with Crippen molar-refractivity contribution in [3.8, 4) is 0 Å². The molecule has 0 radical (unpaired) electrons. The zero-order valence-corrected chi connectivity index (χ0v) is 22.2. The lowest BCUT2D eigenvalue weighted by Gasteiger charge is -2.32. The lowest BCUT2D eigenvalue weighted by molar-refractivity contribution is -0.139. The highest BCUT2D eigenvalue weighted by Gasteiger charge is 2.39. The number of benzene rings is 1. The number of nitrogens with zero attached hydrogens (tertiary/aromatic N) is 3. The van der Waals surface area contributed by atoms with E-state index in [4.69, 9.17) is 25.9 Å². The summed E-state index contributed by atoms with van der Waals surface area (Å²) in [6.45, 7) is 1.75. The van der Waals surface area contributed by atoms with Gasteiger partial charge >= 0.3 is 11.9 Å². The quantitative estimate of drug-likeness (QED) is 0.289. The second-order valence-corrected chi connectivity index (χ2v) is 10.2. The fourth-order valence-electron chi connectivity index (χ4n) is 4.75. The van der Waals surface area contributed by atoms with Crippen molar-refractivity contribution in [1.82, 2.24) is 15.3 Å². The molecule has 1 aromatic carbocycles. The number of carboxylic acid groups (broad SMARTS) is 1. The average Bonchev–Trinajstić information content (AvgIpc) is 3.60. The van der Waals surface area contributed by atoms with Crippen LogP contribution in [0.5, 0.6) is 0 Å². The van der Waals surface area contributed by atoms with Crippen LogP contribution in [0.2, 0.25) is 5.02 Å². The lowest BCUT2D eigenvalue weighted by atomic mass is 9.82. The molecule has 2 aliphatic rings. The summed E-state index contributed by atoms with van der Waals surface area (Å²) in [7, 11) is 0. The predicted molar refractivity (Wildman–Crippen MR) is 138 cm³/mol. The molecule has 1 aliphatic carbocycles. The van der Waals surface area contributed by atoms with Crippen LogP contribution in [0, 0.1) is 17.6 Å². The Morgan fingerprint density at radius 1 is 1.33 bits per heavy atom. The maximum absolute atomic E-state index is 14.6. The highest BCUT2D eigenvalue weighted by molar-refractivity contribution is 7.11. The molecule has 0 saturated carbocycles. The topological polar surface area (TPSA) is 127 Å². The fourth-order valence-corrected chi connectivity index (χ4v) is 5.59. The molecule has 2 atom stereocenters. The number of oxazole rings is 1. The van der Waals surface area contributed by atoms with E-state index >= 15 is 0 Å². The number of aliphatic carboxylic acids is 1. The van der Waals surface area contributed by atoms with Crippen molar-refractivity contribution >= 4 is 40.7 Å². The van der Waals surface area contributed by atoms with Crippen molar-refractivity contribution in [3.05, 3.63) is 79.6 Å². The van der Waals surface area contributed by atoms with Gasteiger partial charge in [-0.15, -0.1) is 11.3 Å². The number of nitrogens with one attached hydrogen (secondary N) is 1. The number of aromatic nitrogens is 2. The number of rotatable bonds is 8. The third-order valence-electron chi connectivity index (χ3n) is 6.51. The monoisotopic (exact) mass is 576 g/mol. The molecule has 0 saturated heterocycles. The van der Waals surface area contributed by atoms with Crippen molar-refractivity contribution < 1.29 is 32.6 Å². The Morgan fingerprint density at radius 2 is 2.15 bits per heavy atom. The van der Waals surface area contributed by atoms with Crippen molar-refractivity contribution in [2.24, 2.45) is 10.9 Å². The minimum atomic E-state index is -1.23. The Hall–Kier alpha value is -3.64. The standard InChI is InChI=1S/C26H23ClF2N4O5S/c1-2-37-26(36)19-22(12-3-6-16-15(11-12)31-17(38-16)7-8-18(34)35)32-24(25-30-9-10-39-25)33-23(19)13-4-5-14(28)21(29)20(13)27/h4-5,9-10,12,23H,2-3,6-8,11H2,1H3,(H,32,33)(H,34,35). The summed E-state index contributed by atoms with van der Waals surface area (Å²) < 4.78 is 39.7. The van der Waals surface area contributed by atoms with Gasteiger partial charge in [-0.05, 0) is 19.4 Å². The highest BCUT2D eigenvalue weighted by Crippen LogP contribution is 2.41. The number of aryl methyl sites for hydroxylation is 2. The number of fused-ring (bicyclic) bond motifs is 1. The molecule has 5 rings (SSSR count). The number of aliphatic imine (C=N–C) groups is 1. The third-order valence-corrected chi connectivity index (χ3v) is 7.67.